The topological polar surface area (TPSA) is 32.3 Å². The number of piperidine rings is 1. The minimum absolute atomic E-state index is 0.124. The van der Waals surface area contributed by atoms with Gasteiger partial charge < -0.3 is 5.32 Å². The number of thiophene rings is 1. The SMILES string of the molecule is O=C(NCC1CCCN(Cc2cccs2)C1)c1ccccc1F. The molecule has 1 fully saturated rings. The van der Waals surface area contributed by atoms with Gasteiger partial charge in [-0.2, -0.15) is 0 Å². The van der Waals surface area contributed by atoms with Crippen molar-refractivity contribution >= 4 is 17.2 Å². The number of halogens is 1. The van der Waals surface area contributed by atoms with E-state index in [4.69, 9.17) is 0 Å². The molecule has 1 aliphatic heterocycles. The van der Waals surface area contributed by atoms with Gasteiger partial charge >= 0.3 is 0 Å². The van der Waals surface area contributed by atoms with Crippen LogP contribution in [0, 0.1) is 11.7 Å². The van der Waals surface area contributed by atoms with Crippen LogP contribution in [0.1, 0.15) is 28.1 Å². The summed E-state index contributed by atoms with van der Waals surface area (Å²) in [6, 6.07) is 10.4. The minimum atomic E-state index is -0.465. The van der Waals surface area contributed by atoms with Crippen LogP contribution in [0.4, 0.5) is 4.39 Å². The van der Waals surface area contributed by atoms with E-state index in [1.165, 1.54) is 17.0 Å². The fourth-order valence-corrected chi connectivity index (χ4v) is 3.81. The molecule has 5 heteroatoms. The summed E-state index contributed by atoms with van der Waals surface area (Å²) in [6.45, 7) is 3.68. The zero-order valence-electron chi connectivity index (χ0n) is 13.0. The van der Waals surface area contributed by atoms with E-state index in [0.29, 0.717) is 12.5 Å². The number of hydrogen-bond acceptors (Lipinski definition) is 3. The molecular weight excluding hydrogens is 311 g/mol. The van der Waals surface area contributed by atoms with Crippen molar-refractivity contribution in [2.45, 2.75) is 19.4 Å². The number of nitrogens with one attached hydrogen (secondary N) is 1. The molecule has 1 aromatic carbocycles. The van der Waals surface area contributed by atoms with Crippen molar-refractivity contribution in [3.05, 3.63) is 58.0 Å². The van der Waals surface area contributed by atoms with E-state index in [0.717, 1.165) is 32.5 Å². The quantitative estimate of drug-likeness (QED) is 0.908. The highest BCUT2D eigenvalue weighted by atomic mass is 32.1. The Bertz CT molecular complexity index is 644. The van der Waals surface area contributed by atoms with Gasteiger partial charge in [-0.15, -0.1) is 11.3 Å². The molecule has 1 aromatic heterocycles. The second-order valence-corrected chi connectivity index (χ2v) is 7.04. The third-order valence-electron chi connectivity index (χ3n) is 4.23. The maximum atomic E-state index is 13.6. The summed E-state index contributed by atoms with van der Waals surface area (Å²) in [6.07, 6.45) is 2.25. The standard InChI is InChI=1S/C18H21FN2OS/c19-17-8-2-1-7-16(17)18(22)20-11-14-5-3-9-21(12-14)13-15-6-4-10-23-15/h1-2,4,6-8,10,14H,3,5,9,11-13H2,(H,20,22). The largest absolute Gasteiger partial charge is 0.352 e. The molecule has 0 spiro atoms. The van der Waals surface area contributed by atoms with Crippen LogP contribution in [-0.4, -0.2) is 30.4 Å². The van der Waals surface area contributed by atoms with Gasteiger partial charge in [-0.3, -0.25) is 9.69 Å². The summed E-state index contributed by atoms with van der Waals surface area (Å²) in [5.74, 6) is -0.356. The van der Waals surface area contributed by atoms with Crippen LogP contribution < -0.4 is 5.32 Å². The third kappa shape index (κ3) is 4.39. The highest BCUT2D eigenvalue weighted by Crippen LogP contribution is 2.20. The van der Waals surface area contributed by atoms with Crippen LogP contribution >= 0.6 is 11.3 Å². The first kappa shape index (κ1) is 16.1. The van der Waals surface area contributed by atoms with Gasteiger partial charge in [0, 0.05) is 24.5 Å². The predicted molar refractivity (Wildman–Crippen MR) is 91.1 cm³/mol. The summed E-state index contributed by atoms with van der Waals surface area (Å²) in [5, 5.41) is 4.99. The molecule has 2 aromatic rings. The average Bonchev–Trinajstić information content (AvgIpc) is 3.06. The van der Waals surface area contributed by atoms with Gasteiger partial charge in [0.05, 0.1) is 5.56 Å². The maximum Gasteiger partial charge on any atom is 0.254 e. The number of amides is 1. The molecule has 1 N–H and O–H groups in total. The number of carbonyl (C=O) groups is 1. The number of benzene rings is 1. The van der Waals surface area contributed by atoms with Crippen LogP contribution in [0.5, 0.6) is 0 Å². The van der Waals surface area contributed by atoms with Crippen molar-refractivity contribution in [3.8, 4) is 0 Å². The van der Waals surface area contributed by atoms with Crippen molar-refractivity contribution in [1.82, 2.24) is 10.2 Å². The Hall–Kier alpha value is -1.72. The van der Waals surface area contributed by atoms with Crippen molar-refractivity contribution in [1.29, 1.82) is 0 Å². The van der Waals surface area contributed by atoms with Gasteiger partial charge in [0.25, 0.3) is 5.91 Å². The second kappa shape index (κ2) is 7.70. The van der Waals surface area contributed by atoms with Gasteiger partial charge in [0.1, 0.15) is 5.82 Å². The summed E-state index contributed by atoms with van der Waals surface area (Å²) in [5.41, 5.74) is 0.124. The molecule has 0 radical (unpaired) electrons. The summed E-state index contributed by atoms with van der Waals surface area (Å²) >= 11 is 1.78. The molecule has 2 heterocycles. The first-order valence-corrected chi connectivity index (χ1v) is 8.88. The Morgan fingerprint density at radius 2 is 2.17 bits per heavy atom. The summed E-state index contributed by atoms with van der Waals surface area (Å²) in [7, 11) is 0. The molecule has 3 nitrogen and oxygen atoms in total. The van der Waals surface area contributed by atoms with Crippen LogP contribution in [0.15, 0.2) is 41.8 Å². The average molecular weight is 332 g/mol. The molecule has 1 unspecified atom stereocenters. The van der Waals surface area contributed by atoms with E-state index in [1.807, 2.05) is 0 Å². The van der Waals surface area contributed by atoms with Gasteiger partial charge in [-0.05, 0) is 48.9 Å². The molecule has 1 atom stereocenters. The molecule has 1 saturated heterocycles. The highest BCUT2D eigenvalue weighted by molar-refractivity contribution is 7.09. The summed E-state index contributed by atoms with van der Waals surface area (Å²) in [4.78, 5) is 15.9. The Balaban J connectivity index is 1.50. The molecule has 0 saturated carbocycles. The molecule has 23 heavy (non-hydrogen) atoms. The van der Waals surface area contributed by atoms with E-state index >= 15 is 0 Å². The van der Waals surface area contributed by atoms with Gasteiger partial charge in [0.2, 0.25) is 0 Å². The molecule has 1 amide bonds. The molecular formula is C18H21FN2OS. The van der Waals surface area contributed by atoms with Gasteiger partial charge in [0.15, 0.2) is 0 Å². The lowest BCUT2D eigenvalue weighted by Crippen LogP contribution is -2.40. The maximum absolute atomic E-state index is 13.6. The lowest BCUT2D eigenvalue weighted by Gasteiger charge is -2.32. The number of carbonyl (C=O) groups excluding carboxylic acids is 1. The number of nitrogens with zero attached hydrogens (tertiary/aromatic N) is 1. The molecule has 3 rings (SSSR count). The first-order valence-electron chi connectivity index (χ1n) is 8.00. The molecule has 0 bridgehead atoms. The zero-order valence-corrected chi connectivity index (χ0v) is 13.8. The number of rotatable bonds is 5. The minimum Gasteiger partial charge on any atom is -0.352 e. The molecule has 0 aliphatic carbocycles. The Morgan fingerprint density at radius 3 is 2.96 bits per heavy atom. The lowest BCUT2D eigenvalue weighted by atomic mass is 9.98. The third-order valence-corrected chi connectivity index (χ3v) is 5.09. The van der Waals surface area contributed by atoms with E-state index in [2.05, 4.69) is 27.7 Å². The van der Waals surface area contributed by atoms with Crippen LogP contribution in [0.2, 0.25) is 0 Å². The Morgan fingerprint density at radius 1 is 1.30 bits per heavy atom. The van der Waals surface area contributed by atoms with E-state index in [9.17, 15) is 9.18 Å². The molecule has 1 aliphatic rings. The second-order valence-electron chi connectivity index (χ2n) is 6.01. The van der Waals surface area contributed by atoms with Crippen molar-refractivity contribution in [2.24, 2.45) is 5.92 Å². The van der Waals surface area contributed by atoms with Crippen LogP contribution in [0.25, 0.3) is 0 Å². The van der Waals surface area contributed by atoms with Gasteiger partial charge in [-0.25, -0.2) is 4.39 Å². The fraction of sp³-hybridized carbons (Fsp3) is 0.389. The van der Waals surface area contributed by atoms with E-state index < -0.39 is 5.82 Å². The number of hydrogen-bond donors (Lipinski definition) is 1. The van der Waals surface area contributed by atoms with E-state index in [1.54, 1.807) is 23.5 Å². The van der Waals surface area contributed by atoms with Crippen LogP contribution in [-0.2, 0) is 6.54 Å². The van der Waals surface area contributed by atoms with Crippen molar-refractivity contribution < 1.29 is 9.18 Å². The van der Waals surface area contributed by atoms with Gasteiger partial charge in [-0.1, -0.05) is 18.2 Å². The smallest absolute Gasteiger partial charge is 0.254 e. The van der Waals surface area contributed by atoms with E-state index in [-0.39, 0.29) is 11.5 Å². The van der Waals surface area contributed by atoms with Crippen LogP contribution in [0.3, 0.4) is 0 Å². The highest BCUT2D eigenvalue weighted by Gasteiger charge is 2.21. The lowest BCUT2D eigenvalue weighted by molar-refractivity contribution is 0.0927. The predicted octanol–water partition coefficient (Wildman–Crippen LogP) is 3.53. The Labute approximate surface area is 140 Å². The molecule has 122 valence electrons. The zero-order chi connectivity index (χ0) is 16.1. The van der Waals surface area contributed by atoms with Crippen molar-refractivity contribution in [3.63, 3.8) is 0 Å². The fourth-order valence-electron chi connectivity index (χ4n) is 3.06. The monoisotopic (exact) mass is 332 g/mol. The number of likely N-dealkylation sites (tertiary alicyclic amines) is 1. The summed E-state index contributed by atoms with van der Waals surface area (Å²) < 4.78 is 13.6. The first-order chi connectivity index (χ1) is 11.2. The van der Waals surface area contributed by atoms with Crippen molar-refractivity contribution in [2.75, 3.05) is 19.6 Å². The Kier molecular flexibility index (Phi) is 5.41. The normalized spacial score (nSPS) is 18.7.